The topological polar surface area (TPSA) is 49.0 Å². The van der Waals surface area contributed by atoms with E-state index in [0.29, 0.717) is 18.2 Å². The van der Waals surface area contributed by atoms with Crippen molar-refractivity contribution in [1.82, 2.24) is 10.2 Å². The number of amides is 1. The van der Waals surface area contributed by atoms with Gasteiger partial charge in [-0.05, 0) is 43.3 Å². The van der Waals surface area contributed by atoms with E-state index in [4.69, 9.17) is 6.42 Å². The zero-order valence-electron chi connectivity index (χ0n) is 13.2. The molecule has 2 fully saturated rings. The largest absolute Gasteiger partial charge is 0.295 e. The van der Waals surface area contributed by atoms with Crippen LogP contribution in [0, 0.1) is 24.2 Å². The van der Waals surface area contributed by atoms with Crippen molar-refractivity contribution in [2.45, 2.75) is 25.7 Å². The molecule has 1 saturated heterocycles. The minimum atomic E-state index is 0.180. The Balaban J connectivity index is 1.75. The van der Waals surface area contributed by atoms with E-state index in [0.717, 1.165) is 30.2 Å². The Morgan fingerprint density at radius 1 is 1.43 bits per heavy atom. The molecule has 0 spiro atoms. The van der Waals surface area contributed by atoms with Crippen molar-refractivity contribution in [3.8, 4) is 12.3 Å². The van der Waals surface area contributed by atoms with Crippen LogP contribution in [0.3, 0.4) is 0 Å². The van der Waals surface area contributed by atoms with E-state index in [1.165, 1.54) is 12.8 Å². The molecule has 0 aromatic carbocycles. The molecule has 1 N–H and O–H groups in total. The number of nitrogens with zero attached hydrogens (tertiary/aromatic N) is 2. The maximum absolute atomic E-state index is 12.4. The van der Waals surface area contributed by atoms with Crippen molar-refractivity contribution < 1.29 is 4.79 Å². The maximum Gasteiger partial charge on any atom is 0.228 e. The highest BCUT2D eigenvalue weighted by molar-refractivity contribution is 5.93. The number of aromatic amines is 1. The fourth-order valence-electron chi connectivity index (χ4n) is 3.17. The third kappa shape index (κ3) is 3.45. The molecule has 1 aliphatic heterocycles. The molecule has 0 bridgehead atoms. The zero-order chi connectivity index (χ0) is 16.2. The first-order chi connectivity index (χ1) is 11.2. The fourth-order valence-corrected chi connectivity index (χ4v) is 3.17. The number of nitrogens with one attached hydrogen (secondary N) is 1. The predicted molar refractivity (Wildman–Crippen MR) is 92.5 cm³/mol. The van der Waals surface area contributed by atoms with E-state index in [1.54, 1.807) is 17.1 Å². The second-order valence-corrected chi connectivity index (χ2v) is 6.13. The molecule has 1 saturated carbocycles. The molecule has 1 atom stereocenters. The van der Waals surface area contributed by atoms with Crippen molar-refractivity contribution in [2.75, 3.05) is 11.4 Å². The summed E-state index contributed by atoms with van der Waals surface area (Å²) >= 11 is 0. The highest BCUT2D eigenvalue weighted by Gasteiger charge is 2.37. The number of carbonyl (C=O) groups excluding carboxylic acids is 1. The molecule has 0 radical (unpaired) electrons. The van der Waals surface area contributed by atoms with E-state index in [2.05, 4.69) is 22.7 Å². The second-order valence-electron chi connectivity index (χ2n) is 6.13. The third-order valence-corrected chi connectivity index (χ3v) is 4.56. The van der Waals surface area contributed by atoms with Crippen LogP contribution < -0.4 is 4.90 Å². The molecule has 1 unspecified atom stereocenters. The molecule has 1 aliphatic carbocycles. The first kappa shape index (κ1) is 15.4. The summed E-state index contributed by atoms with van der Waals surface area (Å²) in [5.74, 6) is 4.69. The molecule has 2 heterocycles. The third-order valence-electron chi connectivity index (χ3n) is 4.56. The van der Waals surface area contributed by atoms with Crippen molar-refractivity contribution in [2.24, 2.45) is 11.8 Å². The average Bonchev–Trinajstić information content (AvgIpc) is 3.29. The summed E-state index contributed by atoms with van der Waals surface area (Å²) in [6.07, 6.45) is 16.6. The molecule has 1 amide bonds. The van der Waals surface area contributed by atoms with Crippen LogP contribution in [0.2, 0.25) is 0 Å². The molecule has 2 aliphatic rings. The van der Waals surface area contributed by atoms with Gasteiger partial charge < -0.3 is 0 Å². The summed E-state index contributed by atoms with van der Waals surface area (Å²) in [5, 5.41) is 7.29. The standard InChI is InChI=1S/C19H21N3O/c1-3-5-7-15(6-4-2)17-13-18(21-20-17)22-11-10-16(12-19(22)23)14-8-9-14/h1,4-7,13-14,16H,2,8-12H2,(H,20,21)/b7-5-,15-6+. The monoisotopic (exact) mass is 307 g/mol. The van der Waals surface area contributed by atoms with Gasteiger partial charge in [-0.2, -0.15) is 5.10 Å². The van der Waals surface area contributed by atoms with Gasteiger partial charge in [0.25, 0.3) is 0 Å². The Morgan fingerprint density at radius 2 is 2.26 bits per heavy atom. The number of hydrogen-bond acceptors (Lipinski definition) is 2. The molecular formula is C19H21N3O. The minimum Gasteiger partial charge on any atom is -0.295 e. The summed E-state index contributed by atoms with van der Waals surface area (Å²) in [4.78, 5) is 14.2. The number of allylic oxidation sites excluding steroid dienone is 5. The lowest BCUT2D eigenvalue weighted by molar-refractivity contribution is -0.121. The van der Waals surface area contributed by atoms with Crippen LogP contribution in [-0.4, -0.2) is 22.6 Å². The summed E-state index contributed by atoms with van der Waals surface area (Å²) in [7, 11) is 0. The lowest BCUT2D eigenvalue weighted by atomic mass is 9.91. The van der Waals surface area contributed by atoms with Crippen LogP contribution in [0.5, 0.6) is 0 Å². The number of carbonyl (C=O) groups is 1. The Kier molecular flexibility index (Phi) is 4.47. The minimum absolute atomic E-state index is 0.180. The van der Waals surface area contributed by atoms with Crippen molar-refractivity contribution in [3.63, 3.8) is 0 Å². The highest BCUT2D eigenvalue weighted by Crippen LogP contribution is 2.42. The molecule has 4 nitrogen and oxygen atoms in total. The van der Waals surface area contributed by atoms with Crippen LogP contribution in [-0.2, 0) is 4.79 Å². The molecule has 4 heteroatoms. The van der Waals surface area contributed by atoms with Crippen LogP contribution in [0.1, 0.15) is 31.4 Å². The molecule has 3 rings (SSSR count). The lowest BCUT2D eigenvalue weighted by Gasteiger charge is -2.30. The van der Waals surface area contributed by atoms with Crippen LogP contribution in [0.15, 0.2) is 36.9 Å². The number of rotatable bonds is 5. The summed E-state index contributed by atoms with van der Waals surface area (Å²) in [5.41, 5.74) is 1.71. The van der Waals surface area contributed by atoms with Gasteiger partial charge in [-0.15, -0.1) is 6.42 Å². The predicted octanol–water partition coefficient (Wildman–Crippen LogP) is 3.32. The maximum atomic E-state index is 12.4. The van der Waals surface area contributed by atoms with Crippen molar-refractivity contribution in [1.29, 1.82) is 0 Å². The molecule has 23 heavy (non-hydrogen) atoms. The van der Waals surface area contributed by atoms with Gasteiger partial charge in [-0.3, -0.25) is 14.8 Å². The molecule has 1 aromatic rings. The Morgan fingerprint density at radius 3 is 2.91 bits per heavy atom. The molecule has 1 aromatic heterocycles. The Labute approximate surface area is 137 Å². The number of terminal acetylenes is 1. The zero-order valence-corrected chi connectivity index (χ0v) is 13.2. The molecule has 118 valence electrons. The van der Waals surface area contributed by atoms with Crippen LogP contribution in [0.4, 0.5) is 5.82 Å². The second kappa shape index (κ2) is 6.70. The van der Waals surface area contributed by atoms with E-state index in [9.17, 15) is 4.79 Å². The van der Waals surface area contributed by atoms with Crippen molar-refractivity contribution in [3.05, 3.63) is 42.6 Å². The SMILES string of the molecule is C#C/C=C\C(=C/C=C)c1cc(N2CCC(C3CC3)CC2=O)n[nH]1. The molecular weight excluding hydrogens is 286 g/mol. The number of aromatic nitrogens is 2. The lowest BCUT2D eigenvalue weighted by Crippen LogP contribution is -2.39. The van der Waals surface area contributed by atoms with Crippen LogP contribution in [0.25, 0.3) is 5.57 Å². The summed E-state index contributed by atoms with van der Waals surface area (Å²) in [6, 6.07) is 1.89. The quantitative estimate of drug-likeness (QED) is 0.670. The van der Waals surface area contributed by atoms with Gasteiger partial charge in [-0.1, -0.05) is 24.7 Å². The first-order valence-electron chi connectivity index (χ1n) is 8.04. The van der Waals surface area contributed by atoms with Gasteiger partial charge in [-0.25, -0.2) is 0 Å². The number of H-pyrrole nitrogens is 1. The number of anilines is 1. The van der Waals surface area contributed by atoms with Crippen LogP contribution >= 0.6 is 0 Å². The first-order valence-corrected chi connectivity index (χ1v) is 8.04. The Hall–Kier alpha value is -2.54. The Bertz CT molecular complexity index is 700. The average molecular weight is 307 g/mol. The van der Waals surface area contributed by atoms with E-state index in [1.807, 2.05) is 18.2 Å². The van der Waals surface area contributed by atoms with E-state index >= 15 is 0 Å². The number of piperidine rings is 1. The summed E-state index contributed by atoms with van der Waals surface area (Å²) < 4.78 is 0. The van der Waals surface area contributed by atoms with Gasteiger partial charge in [0.15, 0.2) is 5.82 Å². The van der Waals surface area contributed by atoms with Gasteiger partial charge in [0, 0.05) is 24.6 Å². The van der Waals surface area contributed by atoms with E-state index < -0.39 is 0 Å². The smallest absolute Gasteiger partial charge is 0.228 e. The van der Waals surface area contributed by atoms with Gasteiger partial charge in [0.05, 0.1) is 5.69 Å². The van der Waals surface area contributed by atoms with E-state index in [-0.39, 0.29) is 5.91 Å². The van der Waals surface area contributed by atoms with Crippen molar-refractivity contribution >= 4 is 17.3 Å². The normalized spacial score (nSPS) is 22.4. The number of hydrogen-bond donors (Lipinski definition) is 1. The summed E-state index contributed by atoms with van der Waals surface area (Å²) in [6.45, 7) is 4.47. The highest BCUT2D eigenvalue weighted by atomic mass is 16.2. The van der Waals surface area contributed by atoms with Gasteiger partial charge >= 0.3 is 0 Å². The van der Waals surface area contributed by atoms with Gasteiger partial charge in [0.2, 0.25) is 5.91 Å². The fraction of sp³-hybridized carbons (Fsp3) is 0.368. The van der Waals surface area contributed by atoms with Gasteiger partial charge in [0.1, 0.15) is 0 Å².